The zero-order chi connectivity index (χ0) is 38.4. The van der Waals surface area contributed by atoms with Gasteiger partial charge in [-0.2, -0.15) is 0 Å². The summed E-state index contributed by atoms with van der Waals surface area (Å²) in [6.45, 7) is 0. The topological polar surface area (TPSA) is 8.17 Å². The molecule has 0 aliphatic carbocycles. The van der Waals surface area contributed by atoms with E-state index in [1.807, 2.05) is 0 Å². The normalized spacial score (nSPS) is 11.4. The summed E-state index contributed by atoms with van der Waals surface area (Å²) < 4.78 is 2.37. The lowest BCUT2D eigenvalue weighted by Gasteiger charge is -2.26. The molecule has 0 fully saturated rings. The summed E-state index contributed by atoms with van der Waals surface area (Å²) in [4.78, 5) is 2.36. The zero-order valence-electron chi connectivity index (χ0n) is 31.8. The maximum Gasteiger partial charge on any atom is 0.0541 e. The summed E-state index contributed by atoms with van der Waals surface area (Å²) >= 11 is 0. The van der Waals surface area contributed by atoms with Crippen molar-refractivity contribution in [3.63, 3.8) is 0 Å². The molecule has 0 unspecified atom stereocenters. The first kappa shape index (κ1) is 33.6. The van der Waals surface area contributed by atoms with Crippen LogP contribution in [0.5, 0.6) is 0 Å². The summed E-state index contributed by atoms with van der Waals surface area (Å²) in [7, 11) is 0. The SMILES string of the molecule is c1ccc(-n2c3ccccc3c3cc(-c4ccc(N(c5ccc(-c6ccc7ccccc7c6)cc5)c5ccc(-c6cccc7ccccc67)cc5)cc4)ccc32)cc1. The summed E-state index contributed by atoms with van der Waals surface area (Å²) in [6, 6.07) is 83.6. The molecule has 58 heavy (non-hydrogen) atoms. The smallest absolute Gasteiger partial charge is 0.0541 e. The Kier molecular flexibility index (Phi) is 8.19. The Hall–Kier alpha value is -7.68. The number of hydrogen-bond acceptors (Lipinski definition) is 1. The number of hydrogen-bond donors (Lipinski definition) is 0. The number of benzene rings is 10. The molecule has 2 heteroatoms. The molecule has 0 bridgehead atoms. The number of para-hydroxylation sites is 2. The van der Waals surface area contributed by atoms with Crippen LogP contribution in [0.15, 0.2) is 231 Å². The molecule has 11 rings (SSSR count). The van der Waals surface area contributed by atoms with Crippen LogP contribution in [0.25, 0.3) is 82.4 Å². The van der Waals surface area contributed by atoms with E-state index in [0.29, 0.717) is 0 Å². The second-order valence-corrected chi connectivity index (χ2v) is 15.0. The second kappa shape index (κ2) is 14.1. The molecule has 0 radical (unpaired) electrons. The van der Waals surface area contributed by atoms with Crippen LogP contribution in [-0.2, 0) is 0 Å². The van der Waals surface area contributed by atoms with Crippen molar-refractivity contribution < 1.29 is 0 Å². The highest BCUT2D eigenvalue weighted by atomic mass is 15.1. The van der Waals surface area contributed by atoms with Gasteiger partial charge >= 0.3 is 0 Å². The van der Waals surface area contributed by atoms with Gasteiger partial charge in [-0.15, -0.1) is 0 Å². The van der Waals surface area contributed by atoms with Crippen molar-refractivity contribution in [2.24, 2.45) is 0 Å². The first-order valence-corrected chi connectivity index (χ1v) is 19.9. The number of rotatable bonds is 7. The van der Waals surface area contributed by atoms with Gasteiger partial charge in [-0.1, -0.05) is 158 Å². The minimum Gasteiger partial charge on any atom is -0.311 e. The highest BCUT2D eigenvalue weighted by Crippen LogP contribution is 2.40. The van der Waals surface area contributed by atoms with E-state index in [2.05, 4.69) is 240 Å². The minimum atomic E-state index is 1.10. The fraction of sp³-hybridized carbons (Fsp3) is 0. The van der Waals surface area contributed by atoms with Gasteiger partial charge in [0, 0.05) is 33.5 Å². The molecule has 272 valence electrons. The molecule has 0 spiro atoms. The van der Waals surface area contributed by atoms with E-state index in [-0.39, 0.29) is 0 Å². The molecule has 2 nitrogen and oxygen atoms in total. The van der Waals surface area contributed by atoms with Crippen LogP contribution in [0.3, 0.4) is 0 Å². The Morgan fingerprint density at radius 2 is 0.776 bits per heavy atom. The molecule has 1 heterocycles. The molecular weight excluding hydrogens is 701 g/mol. The second-order valence-electron chi connectivity index (χ2n) is 15.0. The third-order valence-corrected chi connectivity index (χ3v) is 11.6. The van der Waals surface area contributed by atoms with Crippen LogP contribution in [0, 0.1) is 0 Å². The number of aromatic nitrogens is 1. The van der Waals surface area contributed by atoms with E-state index in [1.165, 1.54) is 82.4 Å². The molecule has 0 aliphatic heterocycles. The van der Waals surface area contributed by atoms with Crippen LogP contribution >= 0.6 is 0 Å². The molecule has 0 saturated heterocycles. The van der Waals surface area contributed by atoms with E-state index < -0.39 is 0 Å². The van der Waals surface area contributed by atoms with Gasteiger partial charge in [0.05, 0.1) is 11.0 Å². The predicted molar refractivity (Wildman–Crippen MR) is 247 cm³/mol. The molecule has 11 aromatic rings. The highest BCUT2D eigenvalue weighted by molar-refractivity contribution is 6.10. The van der Waals surface area contributed by atoms with Crippen molar-refractivity contribution in [3.05, 3.63) is 231 Å². The zero-order valence-corrected chi connectivity index (χ0v) is 31.8. The van der Waals surface area contributed by atoms with Gasteiger partial charge in [0.15, 0.2) is 0 Å². The monoisotopic (exact) mass is 738 g/mol. The van der Waals surface area contributed by atoms with Crippen LogP contribution in [0.1, 0.15) is 0 Å². The Labute approximate surface area is 338 Å². The Morgan fingerprint density at radius 1 is 0.276 bits per heavy atom. The highest BCUT2D eigenvalue weighted by Gasteiger charge is 2.16. The molecule has 0 saturated carbocycles. The van der Waals surface area contributed by atoms with Crippen molar-refractivity contribution >= 4 is 60.4 Å². The third-order valence-electron chi connectivity index (χ3n) is 11.6. The Morgan fingerprint density at radius 3 is 1.48 bits per heavy atom. The molecule has 1 aromatic heterocycles. The van der Waals surface area contributed by atoms with Gasteiger partial charge in [0.1, 0.15) is 0 Å². The lowest BCUT2D eigenvalue weighted by atomic mass is 9.98. The van der Waals surface area contributed by atoms with Crippen LogP contribution in [0.2, 0.25) is 0 Å². The molecular formula is C56H38N2. The Bertz CT molecular complexity index is 3240. The molecule has 0 N–H and O–H groups in total. The lowest BCUT2D eigenvalue weighted by Crippen LogP contribution is -2.09. The molecule has 0 atom stereocenters. The van der Waals surface area contributed by atoms with E-state index in [1.54, 1.807) is 0 Å². The van der Waals surface area contributed by atoms with E-state index in [9.17, 15) is 0 Å². The van der Waals surface area contributed by atoms with Gasteiger partial charge in [-0.05, 0) is 128 Å². The summed E-state index contributed by atoms with van der Waals surface area (Å²) in [5.74, 6) is 0. The van der Waals surface area contributed by atoms with Gasteiger partial charge in [0.25, 0.3) is 0 Å². The summed E-state index contributed by atoms with van der Waals surface area (Å²) in [5.41, 5.74) is 14.1. The van der Waals surface area contributed by atoms with Crippen molar-refractivity contribution in [2.45, 2.75) is 0 Å². The average Bonchev–Trinajstić information content (AvgIpc) is 3.63. The number of anilines is 3. The average molecular weight is 739 g/mol. The first-order valence-electron chi connectivity index (χ1n) is 19.9. The third kappa shape index (κ3) is 5.91. The van der Waals surface area contributed by atoms with Crippen molar-refractivity contribution in [1.29, 1.82) is 0 Å². The fourth-order valence-electron chi connectivity index (χ4n) is 8.70. The van der Waals surface area contributed by atoms with E-state index in [0.717, 1.165) is 17.1 Å². The van der Waals surface area contributed by atoms with Gasteiger partial charge < -0.3 is 9.47 Å². The number of nitrogens with zero attached hydrogens (tertiary/aromatic N) is 2. The maximum absolute atomic E-state index is 2.37. The summed E-state index contributed by atoms with van der Waals surface area (Å²) in [5, 5.41) is 7.52. The van der Waals surface area contributed by atoms with Crippen molar-refractivity contribution in [3.8, 4) is 39.1 Å². The molecule has 10 aromatic carbocycles. The predicted octanol–water partition coefficient (Wildman–Crippen LogP) is 15.6. The van der Waals surface area contributed by atoms with Crippen molar-refractivity contribution in [2.75, 3.05) is 4.90 Å². The van der Waals surface area contributed by atoms with E-state index in [4.69, 9.17) is 0 Å². The lowest BCUT2D eigenvalue weighted by molar-refractivity contribution is 1.18. The maximum atomic E-state index is 2.37. The minimum absolute atomic E-state index is 1.10. The summed E-state index contributed by atoms with van der Waals surface area (Å²) in [6.07, 6.45) is 0. The van der Waals surface area contributed by atoms with Crippen LogP contribution < -0.4 is 4.90 Å². The van der Waals surface area contributed by atoms with E-state index >= 15 is 0 Å². The molecule has 0 aliphatic rings. The van der Waals surface area contributed by atoms with Crippen LogP contribution in [0.4, 0.5) is 17.1 Å². The van der Waals surface area contributed by atoms with Gasteiger partial charge in [-0.25, -0.2) is 0 Å². The van der Waals surface area contributed by atoms with Crippen molar-refractivity contribution in [1.82, 2.24) is 4.57 Å². The number of fused-ring (bicyclic) bond motifs is 5. The first-order chi connectivity index (χ1) is 28.7. The standard InChI is InChI=1S/C56H38N2/c1-2-15-47(16-3-1)58-55-20-9-8-18-53(55)54-38-46(29-36-56(54)58)41-25-32-49(33-26-41)57(48-30-23-40(24-31-48)45-22-21-39-11-4-5-13-44(39)37-45)50-34-27-43(28-35-50)52-19-10-14-42-12-6-7-17-51(42)52/h1-38H. The Balaban J connectivity index is 0.980. The van der Waals surface area contributed by atoms with Gasteiger partial charge in [0.2, 0.25) is 0 Å². The fourth-order valence-corrected chi connectivity index (χ4v) is 8.70. The van der Waals surface area contributed by atoms with Gasteiger partial charge in [-0.3, -0.25) is 0 Å². The largest absolute Gasteiger partial charge is 0.311 e. The quantitative estimate of drug-likeness (QED) is 0.158. The van der Waals surface area contributed by atoms with Crippen LogP contribution in [-0.4, -0.2) is 4.57 Å². The molecule has 0 amide bonds.